The number of anilines is 1. The van der Waals surface area contributed by atoms with Crippen LogP contribution in [0.1, 0.15) is 12.0 Å². The van der Waals surface area contributed by atoms with E-state index in [1.807, 2.05) is 24.3 Å². The highest BCUT2D eigenvalue weighted by Crippen LogP contribution is 2.08. The molecule has 0 saturated heterocycles. The maximum Gasteiger partial charge on any atom is 0.168 e. The van der Waals surface area contributed by atoms with Gasteiger partial charge in [0.25, 0.3) is 0 Å². The second-order valence-corrected chi connectivity index (χ2v) is 3.63. The van der Waals surface area contributed by atoms with Gasteiger partial charge in [-0.05, 0) is 36.5 Å². The van der Waals surface area contributed by atoms with Gasteiger partial charge in [0.05, 0.1) is 0 Å². The first-order chi connectivity index (χ1) is 7.22. The van der Waals surface area contributed by atoms with Gasteiger partial charge in [-0.15, -0.1) is 11.6 Å². The van der Waals surface area contributed by atoms with Crippen molar-refractivity contribution in [2.45, 2.75) is 6.42 Å². The van der Waals surface area contributed by atoms with Crippen LogP contribution < -0.4 is 11.1 Å². The molecule has 15 heavy (non-hydrogen) atoms. The predicted molar refractivity (Wildman–Crippen MR) is 69.1 cm³/mol. The van der Waals surface area contributed by atoms with Crippen molar-refractivity contribution in [3.63, 3.8) is 0 Å². The third-order valence-electron chi connectivity index (χ3n) is 1.60. The van der Waals surface area contributed by atoms with Gasteiger partial charge in [-0.25, -0.2) is 0 Å². The van der Waals surface area contributed by atoms with Gasteiger partial charge in [0.1, 0.15) is 0 Å². The molecule has 78 valence electrons. The van der Waals surface area contributed by atoms with Crippen molar-refractivity contribution in [2.75, 3.05) is 11.2 Å². The number of benzene rings is 1. The minimum atomic E-state index is 0.260. The molecule has 0 heterocycles. The Bertz CT molecular complexity index is 389. The number of alkyl halides is 1. The van der Waals surface area contributed by atoms with E-state index in [2.05, 4.69) is 17.2 Å². The third-order valence-corrected chi connectivity index (χ3v) is 1.90. The fourth-order valence-electron chi connectivity index (χ4n) is 0.991. The predicted octanol–water partition coefficient (Wildman–Crippen LogP) is 2.32. The van der Waals surface area contributed by atoms with Gasteiger partial charge in [-0.1, -0.05) is 11.8 Å². The van der Waals surface area contributed by atoms with Gasteiger partial charge in [0, 0.05) is 23.6 Å². The molecular weight excluding hydrogens is 228 g/mol. The van der Waals surface area contributed by atoms with Crippen molar-refractivity contribution in [3.05, 3.63) is 29.8 Å². The molecule has 0 radical (unpaired) electrons. The van der Waals surface area contributed by atoms with Crippen LogP contribution in [0.4, 0.5) is 5.69 Å². The maximum absolute atomic E-state index is 5.51. The molecule has 1 aromatic carbocycles. The van der Waals surface area contributed by atoms with E-state index in [9.17, 15) is 0 Å². The van der Waals surface area contributed by atoms with E-state index >= 15 is 0 Å². The van der Waals surface area contributed by atoms with Crippen LogP contribution in [0.25, 0.3) is 0 Å². The zero-order chi connectivity index (χ0) is 11.1. The summed E-state index contributed by atoms with van der Waals surface area (Å²) in [5.74, 6) is 6.52. The normalized spacial score (nSPS) is 8.87. The summed E-state index contributed by atoms with van der Waals surface area (Å²) < 4.78 is 0. The summed E-state index contributed by atoms with van der Waals surface area (Å²) in [5.41, 5.74) is 7.16. The summed E-state index contributed by atoms with van der Waals surface area (Å²) in [6.07, 6.45) is 0.703. The summed E-state index contributed by atoms with van der Waals surface area (Å²) in [7, 11) is 0. The summed E-state index contributed by atoms with van der Waals surface area (Å²) in [4.78, 5) is 0. The second-order valence-electron chi connectivity index (χ2n) is 2.81. The fraction of sp³-hybridized carbons (Fsp3) is 0.182. The number of nitrogens with one attached hydrogen (secondary N) is 1. The molecule has 0 aliphatic rings. The van der Waals surface area contributed by atoms with Gasteiger partial charge in [0.2, 0.25) is 0 Å². The van der Waals surface area contributed by atoms with E-state index in [1.165, 1.54) is 0 Å². The van der Waals surface area contributed by atoms with Crippen molar-refractivity contribution in [2.24, 2.45) is 5.73 Å². The fourth-order valence-corrected chi connectivity index (χ4v) is 1.20. The van der Waals surface area contributed by atoms with E-state index in [1.54, 1.807) is 0 Å². The number of thiocarbonyl (C=S) groups is 1. The Morgan fingerprint density at radius 2 is 2.07 bits per heavy atom. The van der Waals surface area contributed by atoms with Crippen LogP contribution in [0.5, 0.6) is 0 Å². The first kappa shape index (κ1) is 11.8. The lowest BCUT2D eigenvalue weighted by Crippen LogP contribution is -2.18. The van der Waals surface area contributed by atoms with Crippen molar-refractivity contribution < 1.29 is 0 Å². The van der Waals surface area contributed by atoms with Crippen LogP contribution in [-0.2, 0) is 0 Å². The lowest BCUT2D eigenvalue weighted by atomic mass is 10.2. The first-order valence-corrected chi connectivity index (χ1v) is 5.38. The minimum Gasteiger partial charge on any atom is -0.376 e. The lowest BCUT2D eigenvalue weighted by Gasteiger charge is -2.02. The molecule has 0 aliphatic carbocycles. The number of nitrogens with two attached hydrogens (primary N) is 1. The Morgan fingerprint density at radius 3 is 2.60 bits per heavy atom. The summed E-state index contributed by atoms with van der Waals surface area (Å²) in [6, 6.07) is 7.57. The van der Waals surface area contributed by atoms with E-state index in [-0.39, 0.29) is 5.11 Å². The van der Waals surface area contributed by atoms with Crippen LogP contribution in [0, 0.1) is 11.8 Å². The molecule has 0 fully saturated rings. The highest BCUT2D eigenvalue weighted by molar-refractivity contribution is 7.80. The summed E-state index contributed by atoms with van der Waals surface area (Å²) in [5, 5.41) is 3.10. The minimum absolute atomic E-state index is 0.260. The van der Waals surface area contributed by atoms with E-state index in [0.717, 1.165) is 11.3 Å². The van der Waals surface area contributed by atoms with E-state index in [4.69, 9.17) is 29.6 Å². The Hall–Kier alpha value is -1.24. The molecule has 0 spiro atoms. The smallest absolute Gasteiger partial charge is 0.168 e. The molecule has 1 aromatic rings. The highest BCUT2D eigenvalue weighted by Gasteiger charge is 1.92. The van der Waals surface area contributed by atoms with E-state index < -0.39 is 0 Å². The van der Waals surface area contributed by atoms with Gasteiger partial charge in [-0.2, -0.15) is 0 Å². The molecule has 0 atom stereocenters. The quantitative estimate of drug-likeness (QED) is 0.472. The Kier molecular flexibility index (Phi) is 4.96. The molecule has 0 amide bonds. The second kappa shape index (κ2) is 6.28. The van der Waals surface area contributed by atoms with Crippen molar-refractivity contribution in [1.29, 1.82) is 0 Å². The molecule has 1 rings (SSSR count). The van der Waals surface area contributed by atoms with Crippen molar-refractivity contribution >= 4 is 34.6 Å². The van der Waals surface area contributed by atoms with Crippen molar-refractivity contribution in [3.8, 4) is 11.8 Å². The molecule has 0 aliphatic heterocycles. The molecule has 2 nitrogen and oxygen atoms in total. The van der Waals surface area contributed by atoms with Crippen LogP contribution in [0.3, 0.4) is 0 Å². The standard InChI is InChI=1S/C11H11ClN2S/c12-8-2-1-3-9-4-6-10(7-5-9)14-11(13)15/h4-7H,2,8H2,(H3,13,14,15). The molecule has 0 aromatic heterocycles. The largest absolute Gasteiger partial charge is 0.376 e. The number of hydrogen-bond donors (Lipinski definition) is 2. The average molecular weight is 239 g/mol. The number of hydrogen-bond acceptors (Lipinski definition) is 1. The molecule has 0 unspecified atom stereocenters. The third kappa shape index (κ3) is 4.68. The Labute approximate surface area is 99.8 Å². The molecular formula is C11H11ClN2S. The van der Waals surface area contributed by atoms with Crippen LogP contribution in [0.15, 0.2) is 24.3 Å². The molecule has 0 bridgehead atoms. The van der Waals surface area contributed by atoms with Gasteiger partial charge in [-0.3, -0.25) is 0 Å². The Balaban J connectivity index is 2.65. The average Bonchev–Trinajstić information content (AvgIpc) is 2.20. The maximum atomic E-state index is 5.51. The highest BCUT2D eigenvalue weighted by atomic mass is 35.5. The molecule has 0 saturated carbocycles. The van der Waals surface area contributed by atoms with Gasteiger partial charge < -0.3 is 11.1 Å². The van der Waals surface area contributed by atoms with Gasteiger partial charge >= 0.3 is 0 Å². The van der Waals surface area contributed by atoms with Crippen molar-refractivity contribution in [1.82, 2.24) is 0 Å². The lowest BCUT2D eigenvalue weighted by molar-refractivity contribution is 1.29. The number of rotatable bonds is 2. The van der Waals surface area contributed by atoms with Gasteiger partial charge in [0.15, 0.2) is 5.11 Å². The SMILES string of the molecule is NC(=S)Nc1ccc(C#CCCCl)cc1. The van der Waals surface area contributed by atoms with Crippen LogP contribution in [0.2, 0.25) is 0 Å². The summed E-state index contributed by atoms with van der Waals surface area (Å²) in [6.45, 7) is 0. The van der Waals surface area contributed by atoms with E-state index in [0.29, 0.717) is 12.3 Å². The molecule has 3 N–H and O–H groups in total. The monoisotopic (exact) mass is 238 g/mol. The van der Waals surface area contributed by atoms with Crippen LogP contribution >= 0.6 is 23.8 Å². The zero-order valence-electron chi connectivity index (χ0n) is 8.09. The summed E-state index contributed by atoms with van der Waals surface area (Å²) >= 11 is 10.2. The molecule has 4 heteroatoms. The first-order valence-electron chi connectivity index (χ1n) is 4.43. The number of halogens is 1. The van der Waals surface area contributed by atoms with Crippen LogP contribution in [-0.4, -0.2) is 11.0 Å². The Morgan fingerprint density at radius 1 is 1.40 bits per heavy atom. The zero-order valence-corrected chi connectivity index (χ0v) is 9.66. The topological polar surface area (TPSA) is 38.0 Å².